The number of aromatic hydroxyl groups is 1. The summed E-state index contributed by atoms with van der Waals surface area (Å²) >= 11 is 9.15. The van der Waals surface area contributed by atoms with Crippen molar-refractivity contribution < 1.29 is 15.0 Å². The summed E-state index contributed by atoms with van der Waals surface area (Å²) in [6.07, 6.45) is 9.79. The van der Waals surface area contributed by atoms with Gasteiger partial charge in [0, 0.05) is 5.02 Å². The van der Waals surface area contributed by atoms with Crippen molar-refractivity contribution in [2.45, 2.75) is 6.73 Å². The first kappa shape index (κ1) is 18.4. The third-order valence-corrected chi connectivity index (χ3v) is 4.53. The predicted octanol–water partition coefficient (Wildman–Crippen LogP) is 4.16. The van der Waals surface area contributed by atoms with Gasteiger partial charge >= 0.3 is 0 Å². The van der Waals surface area contributed by atoms with Crippen molar-refractivity contribution >= 4 is 51.5 Å². The largest absolute Gasteiger partial charge is 0.493 e. The number of halogens is 2. The van der Waals surface area contributed by atoms with Gasteiger partial charge in [-0.1, -0.05) is 35.9 Å². The third kappa shape index (κ3) is 4.04. The lowest BCUT2D eigenvalue weighted by atomic mass is 10.1. The monoisotopic (exact) mass is 432 g/mol. The molecule has 0 fully saturated rings. The quantitative estimate of drug-likeness (QED) is 0.759. The standard InChI is InChI=1S/C19H14BrClN2O3/c20-15-9-13(4-6-17(15)25)10-16-19(26)23(11-24)18(22-16)7-5-12-2-1-3-14(21)8-12/h1-10,24,26H,11H2/b7-5+,13-10?. The second-order valence-electron chi connectivity index (χ2n) is 5.47. The summed E-state index contributed by atoms with van der Waals surface area (Å²) in [4.78, 5) is 15.8. The van der Waals surface area contributed by atoms with Crippen LogP contribution in [0.1, 0.15) is 17.1 Å². The van der Waals surface area contributed by atoms with Gasteiger partial charge in [-0.15, -0.1) is 0 Å². The van der Waals surface area contributed by atoms with Crippen LogP contribution in [0.2, 0.25) is 5.02 Å². The van der Waals surface area contributed by atoms with Crippen LogP contribution in [-0.4, -0.2) is 25.5 Å². The molecule has 0 amide bonds. The number of benzene rings is 1. The number of hydrogen-bond acceptors (Lipinski definition) is 4. The fraction of sp³-hybridized carbons (Fsp3) is 0.0526. The summed E-state index contributed by atoms with van der Waals surface area (Å²) in [5.41, 5.74) is 1.85. The summed E-state index contributed by atoms with van der Waals surface area (Å²) in [6.45, 7) is -0.426. The number of allylic oxidation sites excluding steroid dienone is 5. The normalized spacial score (nSPS) is 15.9. The number of hydrogen-bond donors (Lipinski definition) is 2. The molecule has 0 unspecified atom stereocenters. The first-order valence-corrected chi connectivity index (χ1v) is 8.80. The van der Waals surface area contributed by atoms with Crippen molar-refractivity contribution in [3.63, 3.8) is 0 Å². The Morgan fingerprint density at radius 2 is 2.08 bits per heavy atom. The van der Waals surface area contributed by atoms with Crippen LogP contribution < -0.4 is 0 Å². The minimum Gasteiger partial charge on any atom is -0.493 e. The molecule has 0 saturated carbocycles. The molecule has 1 heterocycles. The first-order chi connectivity index (χ1) is 12.5. The predicted molar refractivity (Wildman–Crippen MR) is 106 cm³/mol. The Labute approximate surface area is 163 Å². The zero-order valence-electron chi connectivity index (χ0n) is 13.4. The minimum absolute atomic E-state index is 0.127. The maximum absolute atomic E-state index is 11.5. The average Bonchev–Trinajstić information content (AvgIpc) is 2.91. The van der Waals surface area contributed by atoms with Crippen LogP contribution in [0.15, 0.2) is 52.5 Å². The molecule has 0 aliphatic heterocycles. The average molecular weight is 434 g/mol. The van der Waals surface area contributed by atoms with E-state index >= 15 is 0 Å². The lowest BCUT2D eigenvalue weighted by Crippen LogP contribution is -1.98. The number of ketones is 1. The van der Waals surface area contributed by atoms with Gasteiger partial charge in [0.25, 0.3) is 0 Å². The van der Waals surface area contributed by atoms with Crippen LogP contribution in [-0.2, 0) is 11.5 Å². The fourth-order valence-electron chi connectivity index (χ4n) is 2.39. The minimum atomic E-state index is -0.426. The molecule has 1 aliphatic carbocycles. The van der Waals surface area contributed by atoms with E-state index in [9.17, 15) is 15.0 Å². The molecule has 0 saturated heterocycles. The third-order valence-electron chi connectivity index (χ3n) is 3.67. The van der Waals surface area contributed by atoms with Crippen LogP contribution in [0, 0.1) is 0 Å². The number of aliphatic hydroxyl groups is 1. The van der Waals surface area contributed by atoms with Crippen LogP contribution in [0.25, 0.3) is 18.2 Å². The van der Waals surface area contributed by atoms with Gasteiger partial charge in [-0.2, -0.15) is 0 Å². The van der Waals surface area contributed by atoms with Gasteiger partial charge in [-0.05, 0) is 63.5 Å². The van der Waals surface area contributed by atoms with Gasteiger partial charge in [0.2, 0.25) is 5.88 Å². The van der Waals surface area contributed by atoms with E-state index in [0.717, 1.165) is 5.56 Å². The van der Waals surface area contributed by atoms with Crippen molar-refractivity contribution in [3.8, 4) is 5.88 Å². The Morgan fingerprint density at radius 1 is 1.27 bits per heavy atom. The van der Waals surface area contributed by atoms with E-state index in [-0.39, 0.29) is 17.4 Å². The molecule has 2 aromatic rings. The van der Waals surface area contributed by atoms with Crippen molar-refractivity contribution in [2.24, 2.45) is 0 Å². The Hall–Kier alpha value is -2.41. The highest BCUT2D eigenvalue weighted by Gasteiger charge is 2.14. The second kappa shape index (κ2) is 7.86. The second-order valence-corrected chi connectivity index (χ2v) is 6.76. The van der Waals surface area contributed by atoms with Crippen molar-refractivity contribution in [1.82, 2.24) is 9.55 Å². The maximum atomic E-state index is 11.5. The number of imidazole rings is 1. The Bertz CT molecular complexity index is 987. The molecular weight excluding hydrogens is 420 g/mol. The molecule has 26 heavy (non-hydrogen) atoms. The van der Waals surface area contributed by atoms with E-state index in [1.54, 1.807) is 42.5 Å². The fourth-order valence-corrected chi connectivity index (χ4v) is 2.99. The topological polar surface area (TPSA) is 75.4 Å². The van der Waals surface area contributed by atoms with E-state index in [2.05, 4.69) is 20.9 Å². The zero-order valence-corrected chi connectivity index (χ0v) is 15.8. The molecule has 7 heteroatoms. The van der Waals surface area contributed by atoms with E-state index in [1.165, 1.54) is 10.6 Å². The van der Waals surface area contributed by atoms with Crippen LogP contribution in [0.5, 0.6) is 5.88 Å². The van der Waals surface area contributed by atoms with Crippen LogP contribution in [0.4, 0.5) is 0 Å². The summed E-state index contributed by atoms with van der Waals surface area (Å²) in [6, 6.07) is 7.27. The molecule has 5 nitrogen and oxygen atoms in total. The first-order valence-electron chi connectivity index (χ1n) is 7.63. The zero-order chi connectivity index (χ0) is 18.7. The lowest BCUT2D eigenvalue weighted by Gasteiger charge is -2.03. The number of aromatic nitrogens is 2. The van der Waals surface area contributed by atoms with Gasteiger partial charge in [0.1, 0.15) is 18.2 Å². The highest BCUT2D eigenvalue weighted by atomic mass is 79.9. The van der Waals surface area contributed by atoms with Crippen LogP contribution >= 0.6 is 27.5 Å². The number of rotatable bonds is 4. The Morgan fingerprint density at radius 3 is 2.77 bits per heavy atom. The molecule has 1 aliphatic rings. The number of aliphatic hydroxyl groups excluding tert-OH is 1. The van der Waals surface area contributed by atoms with Crippen molar-refractivity contribution in [2.75, 3.05) is 0 Å². The number of nitrogens with zero attached hydrogens (tertiary/aromatic N) is 2. The van der Waals surface area contributed by atoms with Crippen molar-refractivity contribution in [3.05, 3.63) is 74.7 Å². The molecule has 132 valence electrons. The highest BCUT2D eigenvalue weighted by molar-refractivity contribution is 9.12. The Kier molecular flexibility index (Phi) is 5.56. The highest BCUT2D eigenvalue weighted by Crippen LogP contribution is 2.26. The summed E-state index contributed by atoms with van der Waals surface area (Å²) in [7, 11) is 0. The molecule has 0 atom stereocenters. The van der Waals surface area contributed by atoms with Gasteiger partial charge in [-0.25, -0.2) is 4.98 Å². The number of carbonyl (C=O) groups excluding carboxylic acids is 1. The summed E-state index contributed by atoms with van der Waals surface area (Å²) < 4.78 is 1.69. The molecule has 1 aromatic heterocycles. The van der Waals surface area contributed by atoms with Gasteiger partial charge in [0.05, 0.1) is 4.48 Å². The van der Waals surface area contributed by atoms with E-state index in [0.29, 0.717) is 20.9 Å². The van der Waals surface area contributed by atoms with Gasteiger partial charge in [-0.3, -0.25) is 9.36 Å². The molecule has 1 aromatic carbocycles. The van der Waals surface area contributed by atoms with E-state index in [1.807, 2.05) is 12.1 Å². The van der Waals surface area contributed by atoms with E-state index < -0.39 is 6.73 Å². The molecule has 0 radical (unpaired) electrons. The van der Waals surface area contributed by atoms with Crippen LogP contribution in [0.3, 0.4) is 0 Å². The molecule has 0 spiro atoms. The van der Waals surface area contributed by atoms with Gasteiger partial charge in [0.15, 0.2) is 5.78 Å². The van der Waals surface area contributed by atoms with Gasteiger partial charge < -0.3 is 10.2 Å². The Balaban J connectivity index is 1.95. The molecular formula is C19H14BrClN2O3. The number of carbonyl (C=O) groups is 1. The summed E-state index contributed by atoms with van der Waals surface area (Å²) in [5.74, 6) is 0.0914. The van der Waals surface area contributed by atoms with E-state index in [4.69, 9.17) is 11.6 Å². The summed E-state index contributed by atoms with van der Waals surface area (Å²) in [5, 5.41) is 20.5. The molecule has 2 N–H and O–H groups in total. The SMILES string of the molecule is O=C1C=CC(=Cc2nc(/C=C/c3cccc(Cl)c3)n(CO)c2O)C=C1Br. The maximum Gasteiger partial charge on any atom is 0.221 e. The lowest BCUT2D eigenvalue weighted by molar-refractivity contribution is -0.110. The molecule has 0 bridgehead atoms. The van der Waals surface area contributed by atoms with Crippen molar-refractivity contribution in [1.29, 1.82) is 0 Å². The molecule has 3 rings (SSSR count). The smallest absolute Gasteiger partial charge is 0.221 e.